The summed E-state index contributed by atoms with van der Waals surface area (Å²) in [6.45, 7) is -2.71. The smallest absolute Gasteiger partial charge is 0.187 e. The van der Waals surface area contributed by atoms with Gasteiger partial charge >= 0.3 is 0 Å². The quantitative estimate of drug-likeness (QED) is 0.102. The van der Waals surface area contributed by atoms with Gasteiger partial charge in [0.2, 0.25) is 0 Å². The first kappa shape index (κ1) is 36.4. The van der Waals surface area contributed by atoms with Gasteiger partial charge in [0.1, 0.15) is 91.6 Å². The van der Waals surface area contributed by atoms with Crippen LogP contribution < -0.4 is 0 Å². The molecule has 21 heteroatoms. The molecule has 0 bridgehead atoms. The summed E-state index contributed by atoms with van der Waals surface area (Å²) in [5, 5.41) is 122. The Balaban J connectivity index is 1.29. The van der Waals surface area contributed by atoms with Gasteiger partial charge in [-0.3, -0.25) is 0 Å². The van der Waals surface area contributed by atoms with Crippen molar-refractivity contribution in [3.05, 3.63) is 0 Å². The van der Waals surface area contributed by atoms with Crippen LogP contribution >= 0.6 is 0 Å². The molecule has 0 spiro atoms. The molecule has 0 aromatic heterocycles. The molecule has 5 aliphatic heterocycles. The highest BCUT2D eigenvalue weighted by Gasteiger charge is 2.54. The van der Waals surface area contributed by atoms with Crippen LogP contribution in [0.4, 0.5) is 0 Å². The molecular weight excluding hydrogens is 636 g/mol. The van der Waals surface area contributed by atoms with Gasteiger partial charge in [-0.1, -0.05) is 0 Å². The van der Waals surface area contributed by atoms with E-state index < -0.39 is 149 Å². The highest BCUT2D eigenvalue weighted by Crippen LogP contribution is 2.34. The van der Waals surface area contributed by atoms with Gasteiger partial charge < -0.3 is 104 Å². The van der Waals surface area contributed by atoms with E-state index in [4.69, 9.17) is 42.6 Å². The predicted molar refractivity (Wildman–Crippen MR) is 136 cm³/mol. The molecule has 20 atom stereocenters. The van der Waals surface area contributed by atoms with E-state index in [9.17, 15) is 61.3 Å². The molecule has 46 heavy (non-hydrogen) atoms. The van der Waals surface area contributed by atoms with Crippen LogP contribution in [0.15, 0.2) is 0 Å². The molecule has 0 radical (unpaired) electrons. The molecule has 5 aliphatic rings. The lowest BCUT2D eigenvalue weighted by Crippen LogP contribution is -2.63. The van der Waals surface area contributed by atoms with Crippen molar-refractivity contribution in [1.82, 2.24) is 0 Å². The molecular formula is C25H42O21. The Morgan fingerprint density at radius 1 is 0.435 bits per heavy atom. The fourth-order valence-electron chi connectivity index (χ4n) is 5.70. The van der Waals surface area contributed by atoms with Crippen LogP contribution in [-0.4, -0.2) is 217 Å². The first-order valence-corrected chi connectivity index (χ1v) is 14.7. The van der Waals surface area contributed by atoms with Crippen molar-refractivity contribution in [2.24, 2.45) is 0 Å². The van der Waals surface area contributed by atoms with Gasteiger partial charge in [0, 0.05) is 0 Å². The third-order valence-electron chi connectivity index (χ3n) is 8.49. The summed E-state index contributed by atoms with van der Waals surface area (Å²) in [5.41, 5.74) is 0. The summed E-state index contributed by atoms with van der Waals surface area (Å²) in [5.74, 6) is 0. The topological polar surface area (TPSA) is 326 Å². The molecule has 0 aromatic carbocycles. The number of ether oxygens (including phenoxy) is 9. The lowest BCUT2D eigenvalue weighted by molar-refractivity contribution is -0.368. The standard InChI is InChI=1S/C25H42O21/c26-1-7-11(29)17(35)23(41-7)45-19-6(28)3-39-25(20(19)46-24-18(36)12(30)8(2-27)42-24)44-10-5-40-22(16(34)14(10)32)43-9-4-38-21(37)15(33)13(9)31/h6-37H,1-5H2/t6-,7+,8+,9-,10-,11+,12+,13+,14+,15-,16-,17-,18-,19+,20-,21?,22+,23+,24+,25+/m1/s1. The second kappa shape index (κ2) is 15.4. The molecule has 1 unspecified atom stereocenters. The van der Waals surface area contributed by atoms with Crippen LogP contribution in [0, 0.1) is 0 Å². The molecule has 12 N–H and O–H groups in total. The Morgan fingerprint density at radius 3 is 1.43 bits per heavy atom. The van der Waals surface area contributed by atoms with Gasteiger partial charge in [0.25, 0.3) is 0 Å². The van der Waals surface area contributed by atoms with Gasteiger partial charge in [0.15, 0.2) is 31.5 Å². The van der Waals surface area contributed by atoms with Crippen molar-refractivity contribution in [3.8, 4) is 0 Å². The molecule has 5 fully saturated rings. The van der Waals surface area contributed by atoms with Crippen LogP contribution in [0.1, 0.15) is 0 Å². The van der Waals surface area contributed by atoms with Gasteiger partial charge in [-0.2, -0.15) is 0 Å². The molecule has 5 saturated heterocycles. The largest absolute Gasteiger partial charge is 0.394 e. The van der Waals surface area contributed by atoms with E-state index in [1.807, 2.05) is 0 Å². The average molecular weight is 679 g/mol. The van der Waals surface area contributed by atoms with Crippen LogP contribution in [0.5, 0.6) is 0 Å². The zero-order valence-electron chi connectivity index (χ0n) is 24.1. The van der Waals surface area contributed by atoms with Gasteiger partial charge in [-0.25, -0.2) is 0 Å². The first-order chi connectivity index (χ1) is 21.9. The van der Waals surface area contributed by atoms with Gasteiger partial charge in [-0.05, 0) is 0 Å². The van der Waals surface area contributed by atoms with Crippen LogP contribution in [0.2, 0.25) is 0 Å². The van der Waals surface area contributed by atoms with E-state index in [0.29, 0.717) is 0 Å². The molecule has 5 heterocycles. The molecule has 268 valence electrons. The summed E-state index contributed by atoms with van der Waals surface area (Å²) in [6, 6.07) is 0. The molecule has 0 aromatic rings. The van der Waals surface area contributed by atoms with E-state index in [2.05, 4.69) is 0 Å². The fourth-order valence-corrected chi connectivity index (χ4v) is 5.70. The average Bonchev–Trinajstić information content (AvgIpc) is 3.47. The normalized spacial score (nSPS) is 53.5. The third kappa shape index (κ3) is 7.35. The van der Waals surface area contributed by atoms with Crippen molar-refractivity contribution in [1.29, 1.82) is 0 Å². The monoisotopic (exact) mass is 678 g/mol. The van der Waals surface area contributed by atoms with Crippen LogP contribution in [0.25, 0.3) is 0 Å². The Labute approximate surface area is 260 Å². The maximum absolute atomic E-state index is 10.9. The summed E-state index contributed by atoms with van der Waals surface area (Å²) in [7, 11) is 0. The number of hydrogen-bond acceptors (Lipinski definition) is 21. The Morgan fingerprint density at radius 2 is 0.891 bits per heavy atom. The van der Waals surface area contributed by atoms with Gasteiger partial charge in [-0.15, -0.1) is 0 Å². The minimum Gasteiger partial charge on any atom is -0.394 e. The summed E-state index contributed by atoms with van der Waals surface area (Å²) < 4.78 is 49.6. The number of aliphatic hydroxyl groups is 12. The maximum atomic E-state index is 10.9. The van der Waals surface area contributed by atoms with Crippen molar-refractivity contribution in [2.75, 3.05) is 33.0 Å². The van der Waals surface area contributed by atoms with Crippen LogP contribution in [-0.2, 0) is 42.6 Å². The second-order valence-corrected chi connectivity index (χ2v) is 11.6. The van der Waals surface area contributed by atoms with Gasteiger partial charge in [0.05, 0.1) is 33.0 Å². The minimum atomic E-state index is -1.81. The second-order valence-electron chi connectivity index (χ2n) is 11.6. The molecule has 0 saturated carbocycles. The zero-order valence-corrected chi connectivity index (χ0v) is 24.1. The molecule has 0 aliphatic carbocycles. The van der Waals surface area contributed by atoms with Crippen molar-refractivity contribution >= 4 is 0 Å². The molecule has 0 amide bonds. The Hall–Kier alpha value is -0.840. The molecule has 5 rings (SSSR count). The summed E-state index contributed by atoms with van der Waals surface area (Å²) in [4.78, 5) is 0. The zero-order chi connectivity index (χ0) is 33.4. The van der Waals surface area contributed by atoms with E-state index in [1.54, 1.807) is 0 Å². The van der Waals surface area contributed by atoms with Crippen LogP contribution in [0.3, 0.4) is 0 Å². The number of rotatable bonds is 10. The Bertz CT molecular complexity index is 965. The van der Waals surface area contributed by atoms with E-state index >= 15 is 0 Å². The highest BCUT2D eigenvalue weighted by atomic mass is 16.8. The van der Waals surface area contributed by atoms with E-state index in [1.165, 1.54) is 0 Å². The predicted octanol–water partition coefficient (Wildman–Crippen LogP) is -8.73. The maximum Gasteiger partial charge on any atom is 0.187 e. The fraction of sp³-hybridized carbons (Fsp3) is 1.00. The van der Waals surface area contributed by atoms with E-state index in [-0.39, 0.29) is 6.61 Å². The number of aliphatic hydroxyl groups excluding tert-OH is 12. The van der Waals surface area contributed by atoms with Crippen molar-refractivity contribution in [3.63, 3.8) is 0 Å². The first-order valence-electron chi connectivity index (χ1n) is 14.7. The van der Waals surface area contributed by atoms with Crippen molar-refractivity contribution < 1.29 is 104 Å². The third-order valence-corrected chi connectivity index (χ3v) is 8.49. The lowest BCUT2D eigenvalue weighted by atomic mass is 10.0. The lowest BCUT2D eigenvalue weighted by Gasteiger charge is -2.45. The summed E-state index contributed by atoms with van der Waals surface area (Å²) in [6.07, 6.45) is -31.3. The molecule has 21 nitrogen and oxygen atoms in total. The summed E-state index contributed by atoms with van der Waals surface area (Å²) >= 11 is 0. The van der Waals surface area contributed by atoms with E-state index in [0.717, 1.165) is 0 Å². The number of hydrogen-bond donors (Lipinski definition) is 12. The van der Waals surface area contributed by atoms with Crippen molar-refractivity contribution in [2.45, 2.75) is 123 Å². The highest BCUT2D eigenvalue weighted by molar-refractivity contribution is 4.95. The minimum absolute atomic E-state index is 0.378. The SMILES string of the molecule is OC[C@@H]1O[C@@H](O[C@@H]2[C@@H](O[C@@H]3O[C@@H](CO)[C@H](O)[C@H]3O)[C@H](O[C@@H]3CO[C@@H](O[C@@H]4COC(O)[C@H](O)[C@H]4O)[C@H](O)[C@H]3O)OC[C@H]2O)[C@H](O)[C@H]1O. The Kier molecular flexibility index (Phi) is 12.2.